The standard InChI is InChI=1S/C24H26N6O5S.C16H20N6O3S/c31-24(34-16-17-8-2-1-3-9-17)25-14-13-21-28-22(29-35-21)20-12-6-7-15-30(20)36(32,33)23-26-18-10-4-5-11-19(18)27-23;17-9-8-14-20-15(21-25-14)13-7-3-4-10-22(13)26(23,24)16-18-11-5-1-2-6-12(11)19-16/h1-5,8-11,20H,6-7,12-16H2,(H,25,31)(H,26,27);1-2,5-6,13H,3-4,7-10,17H2,(H,18,19). The van der Waals surface area contributed by atoms with Gasteiger partial charge in [0.25, 0.3) is 20.0 Å². The molecule has 0 bridgehead atoms. The summed E-state index contributed by atoms with van der Waals surface area (Å²) in [7, 11) is -7.70. The first kappa shape index (κ1) is 42.6. The van der Waals surface area contributed by atoms with Crippen molar-refractivity contribution in [2.75, 3.05) is 26.2 Å². The number of H-pyrrole nitrogens is 2. The summed E-state index contributed by atoms with van der Waals surface area (Å²) >= 11 is 0. The number of para-hydroxylation sites is 4. The number of nitrogens with one attached hydrogen (secondary N) is 3. The maximum Gasteiger partial charge on any atom is 0.407 e. The number of aromatic amines is 2. The Bertz CT molecular complexity index is 2760. The molecule has 0 aliphatic carbocycles. The van der Waals surface area contributed by atoms with E-state index >= 15 is 0 Å². The smallest absolute Gasteiger partial charge is 0.407 e. The molecule has 62 heavy (non-hydrogen) atoms. The number of alkyl carbamates (subject to hydrolysis) is 1. The van der Waals surface area contributed by atoms with E-state index in [1.807, 2.05) is 54.6 Å². The van der Waals surface area contributed by atoms with E-state index in [-0.39, 0.29) is 29.9 Å². The number of ether oxygens (including phenoxy) is 1. The second-order valence-electron chi connectivity index (χ2n) is 14.7. The number of nitrogens with zero attached hydrogens (tertiary/aromatic N) is 8. The number of nitrogens with two attached hydrogens (primary N) is 1. The lowest BCUT2D eigenvalue weighted by atomic mass is 10.0. The average molecular weight is 887 g/mol. The summed E-state index contributed by atoms with van der Waals surface area (Å²) < 4.78 is 71.8. The first-order valence-corrected chi connectivity index (χ1v) is 23.2. The van der Waals surface area contributed by atoms with Gasteiger partial charge in [0.2, 0.25) is 22.1 Å². The second-order valence-corrected chi connectivity index (χ2v) is 18.4. The minimum absolute atomic E-state index is 0.0590. The third-order valence-electron chi connectivity index (χ3n) is 10.5. The molecule has 2 unspecified atom stereocenters. The van der Waals surface area contributed by atoms with E-state index in [1.165, 1.54) is 8.61 Å². The van der Waals surface area contributed by atoms with Crippen LogP contribution in [0.15, 0.2) is 98.2 Å². The predicted octanol–water partition coefficient (Wildman–Crippen LogP) is 4.69. The summed E-state index contributed by atoms with van der Waals surface area (Å²) in [6.45, 7) is 1.54. The molecule has 22 heteroatoms. The average Bonchev–Trinajstić information content (AvgIpc) is 4.13. The summed E-state index contributed by atoms with van der Waals surface area (Å²) in [5.74, 6) is 1.41. The molecule has 2 aliphatic heterocycles. The van der Waals surface area contributed by atoms with Crippen molar-refractivity contribution in [2.24, 2.45) is 5.73 Å². The summed E-state index contributed by atoms with van der Waals surface area (Å²) in [5, 5.41) is 10.5. The third-order valence-corrected chi connectivity index (χ3v) is 14.0. The number of hydrogen-bond acceptors (Lipinski definition) is 15. The molecule has 1 amide bonds. The van der Waals surface area contributed by atoms with Crippen LogP contribution in [0.4, 0.5) is 4.79 Å². The molecule has 4 aromatic heterocycles. The Hall–Kier alpha value is -6.07. The van der Waals surface area contributed by atoms with Gasteiger partial charge in [0, 0.05) is 39.0 Å². The van der Waals surface area contributed by atoms with Crippen LogP contribution in [0.1, 0.15) is 79.6 Å². The van der Waals surface area contributed by atoms with Gasteiger partial charge in [0.15, 0.2) is 11.6 Å². The molecule has 326 valence electrons. The highest BCUT2D eigenvalue weighted by atomic mass is 32.2. The van der Waals surface area contributed by atoms with Crippen LogP contribution in [0.25, 0.3) is 22.1 Å². The molecule has 0 spiro atoms. The van der Waals surface area contributed by atoms with Crippen LogP contribution >= 0.6 is 0 Å². The summed E-state index contributed by atoms with van der Waals surface area (Å²) in [6, 6.07) is 22.8. The number of piperidine rings is 2. The number of imidazole rings is 2. The first-order chi connectivity index (χ1) is 30.1. The molecule has 0 radical (unpaired) electrons. The van der Waals surface area contributed by atoms with Crippen molar-refractivity contribution in [1.29, 1.82) is 0 Å². The molecule has 0 saturated carbocycles. The molecular weight excluding hydrogens is 841 g/mol. The van der Waals surface area contributed by atoms with E-state index in [9.17, 15) is 21.6 Å². The summed E-state index contributed by atoms with van der Waals surface area (Å²) in [5.41, 5.74) is 8.94. The Morgan fingerprint density at radius 1 is 0.694 bits per heavy atom. The van der Waals surface area contributed by atoms with Crippen molar-refractivity contribution < 1.29 is 35.4 Å². The molecule has 6 heterocycles. The van der Waals surface area contributed by atoms with Gasteiger partial charge in [-0.1, -0.05) is 77.8 Å². The van der Waals surface area contributed by atoms with E-state index in [1.54, 1.807) is 24.3 Å². The highest BCUT2D eigenvalue weighted by molar-refractivity contribution is 7.89. The van der Waals surface area contributed by atoms with Gasteiger partial charge in [0.05, 0.1) is 34.2 Å². The Balaban J connectivity index is 0.000000180. The lowest BCUT2D eigenvalue weighted by molar-refractivity contribution is 0.139. The van der Waals surface area contributed by atoms with Crippen LogP contribution < -0.4 is 11.1 Å². The van der Waals surface area contributed by atoms with Crippen LogP contribution in [0.3, 0.4) is 0 Å². The molecule has 2 aliphatic rings. The number of aromatic nitrogens is 8. The van der Waals surface area contributed by atoms with Gasteiger partial charge in [-0.2, -0.15) is 18.6 Å². The molecular formula is C40H46N12O8S2. The number of hydrogen-bond donors (Lipinski definition) is 4. The highest BCUT2D eigenvalue weighted by Gasteiger charge is 2.40. The number of amides is 1. The van der Waals surface area contributed by atoms with Gasteiger partial charge in [-0.15, -0.1) is 0 Å². The van der Waals surface area contributed by atoms with Gasteiger partial charge < -0.3 is 34.8 Å². The van der Waals surface area contributed by atoms with Crippen molar-refractivity contribution in [3.8, 4) is 0 Å². The summed E-state index contributed by atoms with van der Waals surface area (Å²) in [4.78, 5) is 35.0. The van der Waals surface area contributed by atoms with E-state index < -0.39 is 38.2 Å². The summed E-state index contributed by atoms with van der Waals surface area (Å²) in [6.07, 6.45) is 4.68. The topological polar surface area (TPSA) is 274 Å². The maximum absolute atomic E-state index is 13.4. The number of benzene rings is 3. The van der Waals surface area contributed by atoms with Crippen molar-refractivity contribution in [2.45, 2.75) is 80.4 Å². The number of rotatable bonds is 13. The van der Waals surface area contributed by atoms with Gasteiger partial charge in [-0.05, 0) is 55.5 Å². The van der Waals surface area contributed by atoms with Crippen LogP contribution in [0, 0.1) is 0 Å². The molecule has 2 atom stereocenters. The van der Waals surface area contributed by atoms with Crippen molar-refractivity contribution >= 4 is 48.2 Å². The zero-order valence-corrected chi connectivity index (χ0v) is 35.2. The molecule has 2 fully saturated rings. The molecule has 2 saturated heterocycles. The fraction of sp³-hybridized carbons (Fsp3) is 0.375. The minimum Gasteiger partial charge on any atom is -0.445 e. The minimum atomic E-state index is -3.90. The number of fused-ring (bicyclic) bond motifs is 2. The highest BCUT2D eigenvalue weighted by Crippen LogP contribution is 2.35. The van der Waals surface area contributed by atoms with Gasteiger partial charge in [-0.25, -0.2) is 31.6 Å². The van der Waals surface area contributed by atoms with E-state index in [0.717, 1.165) is 31.2 Å². The Kier molecular flexibility index (Phi) is 13.0. The Morgan fingerprint density at radius 2 is 1.19 bits per heavy atom. The molecule has 5 N–H and O–H groups in total. The van der Waals surface area contributed by atoms with Crippen molar-refractivity contribution in [3.05, 3.63) is 108 Å². The molecule has 7 aromatic rings. The number of carbonyl (C=O) groups is 1. The van der Waals surface area contributed by atoms with E-state index in [2.05, 4.69) is 45.5 Å². The van der Waals surface area contributed by atoms with E-state index in [4.69, 9.17) is 19.5 Å². The lowest BCUT2D eigenvalue weighted by Crippen LogP contribution is -2.39. The van der Waals surface area contributed by atoms with Gasteiger partial charge in [0.1, 0.15) is 6.61 Å². The SMILES string of the molecule is NCCc1nc(C2CCCCN2S(=O)(=O)c2nc3ccccc3[nH]2)no1.O=C(NCCc1nc(C2CCCCN2S(=O)(=O)c2nc3ccccc3[nH]2)no1)OCc1ccccc1. The Morgan fingerprint density at radius 3 is 1.71 bits per heavy atom. The van der Waals surface area contributed by atoms with E-state index in [0.29, 0.717) is 84.4 Å². The van der Waals surface area contributed by atoms with Crippen molar-refractivity contribution in [1.82, 2.24) is 54.1 Å². The third kappa shape index (κ3) is 9.53. The maximum atomic E-state index is 13.4. The first-order valence-electron chi connectivity index (χ1n) is 20.3. The van der Waals surface area contributed by atoms with Gasteiger partial charge >= 0.3 is 6.09 Å². The largest absolute Gasteiger partial charge is 0.445 e. The molecule has 3 aromatic carbocycles. The zero-order valence-electron chi connectivity index (χ0n) is 33.6. The fourth-order valence-electron chi connectivity index (χ4n) is 7.41. The van der Waals surface area contributed by atoms with Crippen LogP contribution in [-0.2, 0) is 44.2 Å². The monoisotopic (exact) mass is 886 g/mol. The second kappa shape index (κ2) is 18.9. The van der Waals surface area contributed by atoms with Crippen LogP contribution in [0.5, 0.6) is 0 Å². The van der Waals surface area contributed by atoms with Crippen molar-refractivity contribution in [3.63, 3.8) is 0 Å². The quantitative estimate of drug-likeness (QED) is 0.122. The Labute approximate surface area is 356 Å². The normalized spacial score (nSPS) is 17.8. The fourth-order valence-corrected chi connectivity index (χ4v) is 10.6. The van der Waals surface area contributed by atoms with Gasteiger partial charge in [-0.3, -0.25) is 0 Å². The molecule has 9 rings (SSSR count). The lowest BCUT2D eigenvalue weighted by Gasteiger charge is -2.31. The van der Waals surface area contributed by atoms with Crippen LogP contribution in [-0.4, -0.2) is 97.9 Å². The number of sulfonamides is 2. The number of carbonyl (C=O) groups excluding carboxylic acids is 1. The zero-order chi connectivity index (χ0) is 43.1. The molecule has 20 nitrogen and oxygen atoms in total. The predicted molar refractivity (Wildman–Crippen MR) is 223 cm³/mol. The van der Waals surface area contributed by atoms with Crippen LogP contribution in [0.2, 0.25) is 0 Å².